The van der Waals surface area contributed by atoms with E-state index in [2.05, 4.69) is 35.2 Å². The van der Waals surface area contributed by atoms with E-state index in [9.17, 15) is 0 Å². The summed E-state index contributed by atoms with van der Waals surface area (Å²) in [5.41, 5.74) is 2.04. The molecule has 1 atom stereocenters. The van der Waals surface area contributed by atoms with Crippen LogP contribution < -0.4 is 0 Å². The molecular weight excluding hydrogens is 200 g/mol. The van der Waals surface area contributed by atoms with Gasteiger partial charge in [0.25, 0.3) is 0 Å². The van der Waals surface area contributed by atoms with Gasteiger partial charge in [0.15, 0.2) is 0 Å². The lowest BCUT2D eigenvalue weighted by Crippen LogP contribution is -1.93. The Hall–Kier alpha value is -0.610. The summed E-state index contributed by atoms with van der Waals surface area (Å²) in [6.07, 6.45) is 0. The second-order valence-corrected chi connectivity index (χ2v) is 3.83. The van der Waals surface area contributed by atoms with Crippen molar-refractivity contribution in [3.05, 3.63) is 30.1 Å². The topological polar surface area (TPSA) is 28.7 Å². The van der Waals surface area contributed by atoms with Crippen molar-refractivity contribution in [1.82, 2.24) is 9.97 Å². The minimum absolute atomic E-state index is 0.0794. The zero-order valence-electron chi connectivity index (χ0n) is 6.94. The average molecular weight is 210 g/mol. The number of H-pyrrole nitrogens is 1. The fraction of sp³-hybridized carbons (Fsp3) is 0.222. The highest BCUT2D eigenvalue weighted by molar-refractivity contribution is 7.84. The SMILES string of the molecule is SCC(S)c1nc2ccccc2[nH]1. The van der Waals surface area contributed by atoms with E-state index in [-0.39, 0.29) is 5.25 Å². The van der Waals surface area contributed by atoms with Crippen LogP contribution in [0.1, 0.15) is 11.1 Å². The van der Waals surface area contributed by atoms with Gasteiger partial charge in [-0.2, -0.15) is 25.3 Å². The number of aromatic nitrogens is 2. The van der Waals surface area contributed by atoms with Crippen molar-refractivity contribution < 1.29 is 0 Å². The highest BCUT2D eigenvalue weighted by atomic mass is 32.1. The molecule has 1 aromatic carbocycles. The molecule has 0 bridgehead atoms. The third kappa shape index (κ3) is 1.69. The summed E-state index contributed by atoms with van der Waals surface area (Å²) in [5, 5.41) is 0.0794. The zero-order chi connectivity index (χ0) is 9.26. The van der Waals surface area contributed by atoms with Crippen LogP contribution in [-0.4, -0.2) is 15.7 Å². The molecular formula is C9H10N2S2. The van der Waals surface area contributed by atoms with Crippen LogP contribution in [0.2, 0.25) is 0 Å². The summed E-state index contributed by atoms with van der Waals surface area (Å²) in [5.74, 6) is 1.57. The largest absolute Gasteiger partial charge is 0.341 e. The maximum absolute atomic E-state index is 4.40. The average Bonchev–Trinajstić information content (AvgIpc) is 2.59. The van der Waals surface area contributed by atoms with Crippen LogP contribution in [0.15, 0.2) is 24.3 Å². The van der Waals surface area contributed by atoms with Gasteiger partial charge in [0.1, 0.15) is 5.82 Å². The van der Waals surface area contributed by atoms with Crippen molar-refractivity contribution in [2.45, 2.75) is 5.25 Å². The van der Waals surface area contributed by atoms with E-state index in [0.717, 1.165) is 16.9 Å². The summed E-state index contributed by atoms with van der Waals surface area (Å²) in [7, 11) is 0. The van der Waals surface area contributed by atoms with Gasteiger partial charge in [-0.15, -0.1) is 0 Å². The molecule has 0 aliphatic rings. The molecule has 4 heteroatoms. The van der Waals surface area contributed by atoms with Crippen LogP contribution in [0.3, 0.4) is 0 Å². The molecule has 1 N–H and O–H groups in total. The minimum atomic E-state index is 0.0794. The highest BCUT2D eigenvalue weighted by Gasteiger charge is 2.08. The zero-order valence-corrected chi connectivity index (χ0v) is 8.72. The molecule has 0 fully saturated rings. The second kappa shape index (κ2) is 3.64. The summed E-state index contributed by atoms with van der Waals surface area (Å²) in [4.78, 5) is 7.61. The Balaban J connectivity index is 2.49. The Morgan fingerprint density at radius 2 is 2.15 bits per heavy atom. The summed E-state index contributed by atoms with van der Waals surface area (Å²) >= 11 is 8.53. The van der Waals surface area contributed by atoms with Gasteiger partial charge in [-0.25, -0.2) is 4.98 Å². The molecule has 0 saturated heterocycles. The highest BCUT2D eigenvalue weighted by Crippen LogP contribution is 2.21. The van der Waals surface area contributed by atoms with Crippen LogP contribution in [0.25, 0.3) is 11.0 Å². The summed E-state index contributed by atoms with van der Waals surface area (Å²) in [6.45, 7) is 0. The lowest BCUT2D eigenvalue weighted by molar-refractivity contribution is 0.995. The number of fused-ring (bicyclic) bond motifs is 1. The van der Waals surface area contributed by atoms with Crippen molar-refractivity contribution in [1.29, 1.82) is 0 Å². The Kier molecular flexibility index (Phi) is 2.51. The van der Waals surface area contributed by atoms with Crippen LogP contribution in [0.5, 0.6) is 0 Å². The molecule has 0 spiro atoms. The van der Waals surface area contributed by atoms with Crippen LogP contribution in [-0.2, 0) is 0 Å². The molecule has 0 aliphatic carbocycles. The van der Waals surface area contributed by atoms with E-state index < -0.39 is 0 Å². The molecule has 1 unspecified atom stereocenters. The van der Waals surface area contributed by atoms with Crippen LogP contribution >= 0.6 is 25.3 Å². The molecule has 0 aliphatic heterocycles. The first-order chi connectivity index (χ1) is 6.31. The van der Waals surface area contributed by atoms with Gasteiger partial charge in [-0.1, -0.05) is 12.1 Å². The Labute approximate surface area is 87.6 Å². The van der Waals surface area contributed by atoms with E-state index in [1.165, 1.54) is 0 Å². The predicted molar refractivity (Wildman–Crippen MR) is 61.7 cm³/mol. The molecule has 1 aromatic heterocycles. The summed E-state index contributed by atoms with van der Waals surface area (Å²) < 4.78 is 0. The van der Waals surface area contributed by atoms with Gasteiger partial charge in [0.05, 0.1) is 16.3 Å². The van der Waals surface area contributed by atoms with Crippen molar-refractivity contribution in [2.24, 2.45) is 0 Å². The fourth-order valence-corrected chi connectivity index (χ4v) is 1.51. The quantitative estimate of drug-likeness (QED) is 0.653. The van der Waals surface area contributed by atoms with Gasteiger partial charge in [-0.3, -0.25) is 0 Å². The number of nitrogens with one attached hydrogen (secondary N) is 1. The van der Waals surface area contributed by atoms with Crippen molar-refractivity contribution in [3.8, 4) is 0 Å². The number of hydrogen-bond donors (Lipinski definition) is 3. The second-order valence-electron chi connectivity index (χ2n) is 2.84. The molecule has 1 heterocycles. The monoisotopic (exact) mass is 210 g/mol. The van der Waals surface area contributed by atoms with Crippen molar-refractivity contribution in [3.63, 3.8) is 0 Å². The van der Waals surface area contributed by atoms with E-state index in [1.807, 2.05) is 24.3 Å². The summed E-state index contributed by atoms with van der Waals surface area (Å²) in [6, 6.07) is 7.94. The van der Waals surface area contributed by atoms with Crippen molar-refractivity contribution >= 4 is 36.3 Å². The van der Waals surface area contributed by atoms with E-state index in [0.29, 0.717) is 5.75 Å². The first kappa shape index (κ1) is 8.97. The van der Waals surface area contributed by atoms with Crippen LogP contribution in [0, 0.1) is 0 Å². The third-order valence-electron chi connectivity index (χ3n) is 1.90. The predicted octanol–water partition coefficient (Wildman–Crippen LogP) is 2.46. The van der Waals surface area contributed by atoms with Gasteiger partial charge in [0, 0.05) is 5.75 Å². The number of para-hydroxylation sites is 2. The molecule has 2 rings (SSSR count). The maximum Gasteiger partial charge on any atom is 0.120 e. The minimum Gasteiger partial charge on any atom is -0.341 e. The standard InChI is InChI=1S/C9H10N2S2/c12-5-8(13)9-10-6-3-1-2-4-7(6)11-9/h1-4,8,12-13H,5H2,(H,10,11). The third-order valence-corrected chi connectivity index (χ3v) is 2.98. The number of thiol groups is 2. The smallest absolute Gasteiger partial charge is 0.120 e. The number of aromatic amines is 1. The molecule has 0 saturated carbocycles. The normalized spacial score (nSPS) is 13.4. The number of rotatable bonds is 2. The molecule has 2 nitrogen and oxygen atoms in total. The molecule has 13 heavy (non-hydrogen) atoms. The Morgan fingerprint density at radius 1 is 1.38 bits per heavy atom. The van der Waals surface area contributed by atoms with E-state index in [4.69, 9.17) is 0 Å². The van der Waals surface area contributed by atoms with Crippen LogP contribution in [0.4, 0.5) is 0 Å². The first-order valence-electron chi connectivity index (χ1n) is 4.05. The first-order valence-corrected chi connectivity index (χ1v) is 5.19. The Morgan fingerprint density at radius 3 is 2.85 bits per heavy atom. The number of nitrogens with zero attached hydrogens (tertiary/aromatic N) is 1. The van der Waals surface area contributed by atoms with Gasteiger partial charge in [0.2, 0.25) is 0 Å². The van der Waals surface area contributed by atoms with Gasteiger partial charge >= 0.3 is 0 Å². The van der Waals surface area contributed by atoms with E-state index in [1.54, 1.807) is 0 Å². The van der Waals surface area contributed by atoms with Gasteiger partial charge < -0.3 is 4.98 Å². The molecule has 2 aromatic rings. The molecule has 68 valence electrons. The van der Waals surface area contributed by atoms with E-state index >= 15 is 0 Å². The fourth-order valence-electron chi connectivity index (χ4n) is 1.22. The molecule has 0 radical (unpaired) electrons. The number of imidazole rings is 1. The molecule has 0 amide bonds. The lowest BCUT2D eigenvalue weighted by atomic mass is 10.3. The maximum atomic E-state index is 4.40. The Bertz CT molecular complexity index is 378. The number of benzene rings is 1. The van der Waals surface area contributed by atoms with Crippen molar-refractivity contribution in [2.75, 3.05) is 5.75 Å². The number of hydrogen-bond acceptors (Lipinski definition) is 3. The lowest BCUT2D eigenvalue weighted by Gasteiger charge is -2.00. The van der Waals surface area contributed by atoms with Gasteiger partial charge in [-0.05, 0) is 12.1 Å².